The van der Waals surface area contributed by atoms with Gasteiger partial charge in [0.15, 0.2) is 0 Å². The van der Waals surface area contributed by atoms with Crippen LogP contribution in [0, 0.1) is 0 Å². The Morgan fingerprint density at radius 3 is 2.58 bits per heavy atom. The first-order valence-electron chi connectivity index (χ1n) is 12.4. The van der Waals surface area contributed by atoms with Crippen molar-refractivity contribution in [3.63, 3.8) is 0 Å². The molecule has 2 unspecified atom stereocenters. The van der Waals surface area contributed by atoms with Crippen LogP contribution < -0.4 is 0 Å². The van der Waals surface area contributed by atoms with Gasteiger partial charge in [-0.05, 0) is 68.2 Å². The molecule has 2 aliphatic rings. The Morgan fingerprint density at radius 2 is 1.92 bits per heavy atom. The summed E-state index contributed by atoms with van der Waals surface area (Å²) in [5.74, 6) is -4.33. The minimum Gasteiger partial charge on any atom is -0.332 e. The molecule has 2 aliphatic carbocycles. The van der Waals surface area contributed by atoms with Crippen LogP contribution in [-0.2, 0) is 15.9 Å². The highest BCUT2D eigenvalue weighted by Crippen LogP contribution is 2.45. The van der Waals surface area contributed by atoms with Crippen LogP contribution in [0.2, 0.25) is 0 Å². The minimum atomic E-state index is -4.39. The molecule has 204 valence electrons. The third kappa shape index (κ3) is 5.18. The van der Waals surface area contributed by atoms with Crippen molar-refractivity contribution in [2.45, 2.75) is 80.7 Å². The zero-order chi connectivity index (χ0) is 27.1. The van der Waals surface area contributed by atoms with Crippen molar-refractivity contribution in [2.75, 3.05) is 0 Å². The van der Waals surface area contributed by atoms with E-state index in [0.29, 0.717) is 49.4 Å². The van der Waals surface area contributed by atoms with E-state index in [9.17, 15) is 26.0 Å². The Kier molecular flexibility index (Phi) is 7.01. The molecule has 38 heavy (non-hydrogen) atoms. The molecule has 0 bridgehead atoms. The van der Waals surface area contributed by atoms with Crippen LogP contribution in [0.15, 0.2) is 52.6 Å². The highest BCUT2D eigenvalue weighted by Gasteiger charge is 2.39. The zero-order valence-electron chi connectivity index (χ0n) is 20.5. The molecule has 14 heteroatoms. The Labute approximate surface area is 216 Å². The molecule has 5 rings (SSSR count). The molecule has 1 aromatic carbocycles. The molecule has 0 N–H and O–H groups in total. The molecule has 2 aromatic heterocycles. The molecule has 2 atom stereocenters. The minimum absolute atomic E-state index is 0.102. The van der Waals surface area contributed by atoms with Crippen LogP contribution in [0.3, 0.4) is 0 Å². The highest BCUT2D eigenvalue weighted by atomic mass is 32.2. The smallest absolute Gasteiger partial charge is 0.324 e. The Balaban J connectivity index is 1.50. The third-order valence-corrected chi connectivity index (χ3v) is 8.97. The summed E-state index contributed by atoms with van der Waals surface area (Å²) < 4.78 is 90.2. The van der Waals surface area contributed by atoms with E-state index in [1.165, 1.54) is 37.8 Å². The Morgan fingerprint density at radius 1 is 1.18 bits per heavy atom. The fourth-order valence-electron chi connectivity index (χ4n) is 4.90. The first-order chi connectivity index (χ1) is 18.1. The van der Waals surface area contributed by atoms with Gasteiger partial charge in [0.05, 0.1) is 11.1 Å². The number of rotatable bonds is 9. The SMILES string of the molecule is CCC(F)(F)c1nc(-c2ccc(S(=O)(=O)N(C=C(F)F)C3CCCC(n4cnnc4)C3)c(C3CC3)c2)no1. The quantitative estimate of drug-likeness (QED) is 0.316. The zero-order valence-corrected chi connectivity index (χ0v) is 21.3. The molecule has 2 heterocycles. The number of benzene rings is 1. The van der Waals surface area contributed by atoms with Gasteiger partial charge in [-0.25, -0.2) is 8.42 Å². The lowest BCUT2D eigenvalue weighted by Gasteiger charge is -2.36. The summed E-state index contributed by atoms with van der Waals surface area (Å²) in [5.41, 5.74) is 0.719. The molecule has 0 aliphatic heterocycles. The second kappa shape index (κ2) is 10.1. The molecule has 0 saturated heterocycles. The summed E-state index contributed by atoms with van der Waals surface area (Å²) >= 11 is 0. The Bertz CT molecular complexity index is 1420. The number of alkyl halides is 2. The predicted molar refractivity (Wildman–Crippen MR) is 127 cm³/mol. The summed E-state index contributed by atoms with van der Waals surface area (Å²) in [6.45, 7) is 1.29. The lowest BCUT2D eigenvalue weighted by molar-refractivity contribution is -0.0391. The van der Waals surface area contributed by atoms with E-state index in [1.54, 1.807) is 4.57 Å². The van der Waals surface area contributed by atoms with Gasteiger partial charge in [0.2, 0.25) is 5.82 Å². The van der Waals surface area contributed by atoms with Crippen molar-refractivity contribution >= 4 is 10.0 Å². The van der Waals surface area contributed by atoms with Crippen LogP contribution in [0.25, 0.3) is 11.4 Å². The van der Waals surface area contributed by atoms with E-state index in [-0.39, 0.29) is 22.7 Å². The number of aromatic nitrogens is 5. The van der Waals surface area contributed by atoms with Crippen LogP contribution in [0.5, 0.6) is 0 Å². The standard InChI is InChI=1S/C24H26F4N6O3S/c1-2-24(27,28)23-31-22(32-37-23)16-8-9-20(19(10-16)15-6-7-15)38(35,36)34(12-21(25)26)18-5-3-4-17(11-18)33-13-29-30-14-33/h8-10,12-15,17-18H,2-7,11H2,1H3. The molecule has 3 aromatic rings. The average molecular weight is 555 g/mol. The molecule has 9 nitrogen and oxygen atoms in total. The van der Waals surface area contributed by atoms with Crippen molar-refractivity contribution in [3.8, 4) is 11.4 Å². The maximum atomic E-state index is 14.0. The highest BCUT2D eigenvalue weighted by molar-refractivity contribution is 7.89. The monoisotopic (exact) mass is 554 g/mol. The van der Waals surface area contributed by atoms with Gasteiger partial charge in [-0.15, -0.1) is 10.2 Å². The second-order valence-corrected chi connectivity index (χ2v) is 11.5. The molecular weight excluding hydrogens is 528 g/mol. The fraction of sp³-hybridized carbons (Fsp3) is 0.500. The number of hydrogen-bond donors (Lipinski definition) is 0. The maximum absolute atomic E-state index is 14.0. The summed E-state index contributed by atoms with van der Waals surface area (Å²) in [5, 5.41) is 11.2. The van der Waals surface area contributed by atoms with Gasteiger partial charge >= 0.3 is 5.92 Å². The van der Waals surface area contributed by atoms with E-state index < -0.39 is 40.4 Å². The van der Waals surface area contributed by atoms with Crippen molar-refractivity contribution in [1.29, 1.82) is 0 Å². The van der Waals surface area contributed by atoms with Crippen LogP contribution in [-0.4, -0.2) is 43.7 Å². The normalized spacial score (nSPS) is 20.3. The van der Waals surface area contributed by atoms with Gasteiger partial charge in [0.25, 0.3) is 22.0 Å². The third-order valence-electron chi connectivity index (χ3n) is 7.09. The molecule has 0 amide bonds. The van der Waals surface area contributed by atoms with Crippen molar-refractivity contribution in [2.24, 2.45) is 0 Å². The Hall–Kier alpha value is -3.29. The average Bonchev–Trinajstić information content (AvgIpc) is 3.37. The lowest BCUT2D eigenvalue weighted by atomic mass is 9.91. The van der Waals surface area contributed by atoms with Gasteiger partial charge < -0.3 is 9.09 Å². The molecule has 0 spiro atoms. The summed E-state index contributed by atoms with van der Waals surface area (Å²) in [6.07, 6.45) is 4.33. The van der Waals surface area contributed by atoms with Crippen LogP contribution >= 0.6 is 0 Å². The van der Waals surface area contributed by atoms with E-state index in [2.05, 4.69) is 20.3 Å². The lowest BCUT2D eigenvalue weighted by Crippen LogP contribution is -2.40. The number of hydrogen-bond acceptors (Lipinski definition) is 7. The van der Waals surface area contributed by atoms with E-state index in [0.717, 1.165) is 10.7 Å². The molecular formula is C24H26F4N6O3S. The van der Waals surface area contributed by atoms with Crippen molar-refractivity contribution in [1.82, 2.24) is 29.2 Å². The topological polar surface area (TPSA) is 107 Å². The van der Waals surface area contributed by atoms with Crippen molar-refractivity contribution in [3.05, 3.63) is 54.6 Å². The predicted octanol–water partition coefficient (Wildman–Crippen LogP) is 5.62. The summed E-state index contributed by atoms with van der Waals surface area (Å²) in [7, 11) is -4.39. The maximum Gasteiger partial charge on any atom is 0.324 e. The van der Waals surface area contributed by atoms with E-state index in [1.807, 2.05) is 0 Å². The fourth-order valence-corrected chi connectivity index (χ4v) is 6.69. The van der Waals surface area contributed by atoms with E-state index >= 15 is 0 Å². The molecule has 2 saturated carbocycles. The number of nitrogens with zero attached hydrogens (tertiary/aromatic N) is 6. The number of sulfonamides is 1. The summed E-state index contributed by atoms with van der Waals surface area (Å²) in [4.78, 5) is 3.71. The van der Waals surface area contributed by atoms with Gasteiger partial charge in [0, 0.05) is 24.1 Å². The summed E-state index contributed by atoms with van der Waals surface area (Å²) in [6, 6.07) is 3.38. The largest absolute Gasteiger partial charge is 0.332 e. The van der Waals surface area contributed by atoms with Gasteiger partial charge in [0.1, 0.15) is 12.7 Å². The van der Waals surface area contributed by atoms with Gasteiger partial charge in [-0.2, -0.15) is 22.5 Å². The molecule has 0 radical (unpaired) electrons. The van der Waals surface area contributed by atoms with Crippen LogP contribution in [0.4, 0.5) is 17.6 Å². The van der Waals surface area contributed by atoms with E-state index in [4.69, 9.17) is 4.52 Å². The van der Waals surface area contributed by atoms with Crippen LogP contribution in [0.1, 0.15) is 75.3 Å². The number of halogens is 4. The van der Waals surface area contributed by atoms with Gasteiger partial charge in [-0.3, -0.25) is 4.31 Å². The molecule has 2 fully saturated rings. The van der Waals surface area contributed by atoms with Gasteiger partial charge in [-0.1, -0.05) is 12.1 Å². The van der Waals surface area contributed by atoms with Crippen molar-refractivity contribution < 1.29 is 30.5 Å². The first kappa shape index (κ1) is 26.3. The first-order valence-corrected chi connectivity index (χ1v) is 13.8. The second-order valence-electron chi connectivity index (χ2n) is 9.65.